The van der Waals surface area contributed by atoms with E-state index in [1.165, 1.54) is 24.3 Å². The smallest absolute Gasteiger partial charge is 0.420 e. The highest BCUT2D eigenvalue weighted by molar-refractivity contribution is 7.88. The van der Waals surface area contributed by atoms with Gasteiger partial charge in [-0.05, 0) is 30.7 Å². The molecule has 0 spiro atoms. The van der Waals surface area contributed by atoms with E-state index in [2.05, 4.69) is 4.72 Å². The van der Waals surface area contributed by atoms with Crippen LogP contribution in [0.5, 0.6) is 17.2 Å². The Morgan fingerprint density at radius 1 is 1.23 bits per heavy atom. The molecule has 2 aliphatic heterocycles. The molecule has 30 heavy (non-hydrogen) atoms. The lowest BCUT2D eigenvalue weighted by atomic mass is 9.92. The molecule has 0 saturated heterocycles. The Balaban J connectivity index is 1.66. The van der Waals surface area contributed by atoms with Gasteiger partial charge in [0.1, 0.15) is 28.2 Å². The van der Waals surface area contributed by atoms with Gasteiger partial charge in [0.25, 0.3) is 5.91 Å². The Morgan fingerprint density at radius 2 is 2.03 bits per heavy atom. The Labute approximate surface area is 171 Å². The average Bonchev–Trinajstić information content (AvgIpc) is 3.04. The van der Waals surface area contributed by atoms with Crippen LogP contribution >= 0.6 is 0 Å². The van der Waals surface area contributed by atoms with Crippen molar-refractivity contribution in [2.75, 3.05) is 6.61 Å². The zero-order valence-electron chi connectivity index (χ0n) is 15.2. The van der Waals surface area contributed by atoms with E-state index in [0.717, 1.165) is 12.1 Å². The second-order valence-corrected chi connectivity index (χ2v) is 7.81. The first-order chi connectivity index (χ1) is 14.3. The number of nitriles is 1. The van der Waals surface area contributed by atoms with Crippen LogP contribution < -0.4 is 14.2 Å². The Kier molecular flexibility index (Phi) is 4.99. The summed E-state index contributed by atoms with van der Waals surface area (Å²) in [6.07, 6.45) is -2.89. The largest absolute Gasteiger partial charge is 0.493 e. The molecule has 10 heteroatoms. The summed E-state index contributed by atoms with van der Waals surface area (Å²) in [6.45, 7) is 0.286. The first-order valence-corrected chi connectivity index (χ1v) is 9.91. The molecule has 0 fully saturated rings. The number of ether oxygens (including phenoxy) is 2. The van der Waals surface area contributed by atoms with Crippen LogP contribution in [0.2, 0.25) is 0 Å². The third kappa shape index (κ3) is 3.76. The lowest BCUT2D eigenvalue weighted by molar-refractivity contribution is -0.138. The molecular formula is C20H13F3N2O4S. The fourth-order valence-corrected chi connectivity index (χ4v) is 4.43. The number of rotatable bonds is 3. The highest BCUT2D eigenvalue weighted by Crippen LogP contribution is 2.43. The van der Waals surface area contributed by atoms with Crippen LogP contribution in [-0.4, -0.2) is 16.7 Å². The van der Waals surface area contributed by atoms with Gasteiger partial charge < -0.3 is 9.47 Å². The van der Waals surface area contributed by atoms with Gasteiger partial charge in [0, 0.05) is 23.6 Å². The van der Waals surface area contributed by atoms with Crippen molar-refractivity contribution >= 4 is 16.9 Å². The van der Waals surface area contributed by atoms with Crippen molar-refractivity contribution in [3.05, 3.63) is 64.1 Å². The summed E-state index contributed by atoms with van der Waals surface area (Å²) in [5.74, 6) is -0.702. The number of hydrogen-bond donors (Lipinski definition) is 1. The number of carbonyl (C=O) groups excluding carboxylic acids is 1. The molecule has 2 aromatic carbocycles. The number of allylic oxidation sites excluding steroid dienone is 1. The highest BCUT2D eigenvalue weighted by atomic mass is 32.2. The normalized spacial score (nSPS) is 20.5. The van der Waals surface area contributed by atoms with Crippen molar-refractivity contribution in [2.24, 2.45) is 0 Å². The lowest BCUT2D eigenvalue weighted by Crippen LogP contribution is -2.21. The molecule has 0 aromatic heterocycles. The monoisotopic (exact) mass is 434 g/mol. The summed E-state index contributed by atoms with van der Waals surface area (Å²) >= 11 is 0. The van der Waals surface area contributed by atoms with Crippen LogP contribution in [0.1, 0.15) is 29.0 Å². The van der Waals surface area contributed by atoms with E-state index in [4.69, 9.17) is 14.7 Å². The molecule has 2 atom stereocenters. The Morgan fingerprint density at radius 3 is 2.70 bits per heavy atom. The minimum atomic E-state index is -4.70. The van der Waals surface area contributed by atoms with Crippen LogP contribution in [0, 0.1) is 11.3 Å². The number of hydrogen-bond acceptors (Lipinski definition) is 5. The van der Waals surface area contributed by atoms with E-state index < -0.39 is 34.4 Å². The fraction of sp³-hybridized carbons (Fsp3) is 0.200. The summed E-state index contributed by atoms with van der Waals surface area (Å²) in [7, 11) is -1.63. The van der Waals surface area contributed by atoms with Crippen LogP contribution in [-0.2, 0) is 22.0 Å². The third-order valence-electron chi connectivity index (χ3n) is 4.69. The number of carbonyl (C=O) groups is 1. The van der Waals surface area contributed by atoms with Crippen molar-refractivity contribution in [1.82, 2.24) is 4.72 Å². The molecule has 0 bridgehead atoms. The number of benzene rings is 2. The van der Waals surface area contributed by atoms with E-state index >= 15 is 0 Å². The average molecular weight is 434 g/mol. The fourth-order valence-electron chi connectivity index (χ4n) is 3.36. The summed E-state index contributed by atoms with van der Waals surface area (Å²) in [4.78, 5) is 11.9. The molecule has 6 nitrogen and oxygen atoms in total. The maximum Gasteiger partial charge on any atom is 0.420 e. The molecule has 2 unspecified atom stereocenters. The van der Waals surface area contributed by atoms with Gasteiger partial charge in [-0.2, -0.15) is 18.4 Å². The van der Waals surface area contributed by atoms with Gasteiger partial charge in [-0.1, -0.05) is 6.07 Å². The molecule has 2 aliphatic rings. The first kappa shape index (κ1) is 20.0. The van der Waals surface area contributed by atoms with Gasteiger partial charge >= 0.3 is 6.18 Å². The van der Waals surface area contributed by atoms with Gasteiger partial charge in [0.2, 0.25) is 0 Å². The molecule has 0 aliphatic carbocycles. The maximum absolute atomic E-state index is 13.4. The molecule has 0 saturated carbocycles. The predicted molar refractivity (Wildman–Crippen MR) is 99.9 cm³/mol. The van der Waals surface area contributed by atoms with E-state index in [1.807, 2.05) is 0 Å². The minimum absolute atomic E-state index is 0.111. The van der Waals surface area contributed by atoms with Crippen LogP contribution in [0.3, 0.4) is 0 Å². The molecule has 2 heterocycles. The van der Waals surface area contributed by atoms with Gasteiger partial charge in [-0.3, -0.25) is 9.52 Å². The summed E-state index contributed by atoms with van der Waals surface area (Å²) in [6, 6.07) is 9.28. The van der Waals surface area contributed by atoms with E-state index in [-0.39, 0.29) is 23.8 Å². The maximum atomic E-state index is 13.4. The van der Waals surface area contributed by atoms with Crippen molar-refractivity contribution in [2.45, 2.75) is 18.5 Å². The van der Waals surface area contributed by atoms with Gasteiger partial charge in [0.05, 0.1) is 28.7 Å². The van der Waals surface area contributed by atoms with Crippen molar-refractivity contribution in [3.63, 3.8) is 0 Å². The van der Waals surface area contributed by atoms with E-state index in [0.29, 0.717) is 22.6 Å². The summed E-state index contributed by atoms with van der Waals surface area (Å²) in [5.41, 5.74) is -0.526. The van der Waals surface area contributed by atoms with Crippen molar-refractivity contribution in [1.29, 1.82) is 5.26 Å². The zero-order chi connectivity index (χ0) is 21.5. The Hall–Kier alpha value is -3.32. The molecule has 2 aromatic rings. The quantitative estimate of drug-likeness (QED) is 0.791. The van der Waals surface area contributed by atoms with Crippen molar-refractivity contribution < 1.29 is 31.6 Å². The SMILES string of the molecule is N#Cc1ccc(Oc2ccc3c(c2)OCCC3C2=CC(=O)NS2=O)c(C(F)(F)F)c1. The van der Waals surface area contributed by atoms with Gasteiger partial charge in [-0.25, -0.2) is 4.21 Å². The lowest BCUT2D eigenvalue weighted by Gasteiger charge is -2.26. The van der Waals surface area contributed by atoms with Crippen molar-refractivity contribution in [3.8, 4) is 23.3 Å². The first-order valence-electron chi connectivity index (χ1n) is 8.76. The molecule has 0 radical (unpaired) electrons. The highest BCUT2D eigenvalue weighted by Gasteiger charge is 2.36. The molecule has 154 valence electrons. The number of alkyl halides is 3. The molecule has 4 rings (SSSR count). The second kappa shape index (κ2) is 7.50. The number of halogens is 3. The van der Waals surface area contributed by atoms with E-state index in [9.17, 15) is 22.2 Å². The zero-order valence-corrected chi connectivity index (χ0v) is 16.0. The summed E-state index contributed by atoms with van der Waals surface area (Å²) < 4.78 is 65.5. The summed E-state index contributed by atoms with van der Waals surface area (Å²) in [5, 5.41) is 8.86. The van der Waals surface area contributed by atoms with Crippen LogP contribution in [0.15, 0.2) is 47.4 Å². The second-order valence-electron chi connectivity index (χ2n) is 6.59. The predicted octanol–water partition coefficient (Wildman–Crippen LogP) is 3.91. The number of nitrogens with zero attached hydrogens (tertiary/aromatic N) is 1. The third-order valence-corrected chi connectivity index (χ3v) is 5.91. The topological polar surface area (TPSA) is 88.4 Å². The van der Waals surface area contributed by atoms with Crippen LogP contribution in [0.4, 0.5) is 13.2 Å². The number of nitrogens with one attached hydrogen (secondary N) is 1. The standard InChI is InChI=1S/C20H13F3N2O4S/c21-20(22,23)15-7-11(10-24)1-4-16(15)29-12-2-3-13-14(5-6-28-17(13)8-12)18-9-19(26)25-30(18)27/h1-4,7-9,14H,5-6H2,(H,25,26). The van der Waals surface area contributed by atoms with E-state index in [1.54, 1.807) is 12.1 Å². The molecule has 1 amide bonds. The molecule has 1 N–H and O–H groups in total. The van der Waals surface area contributed by atoms with Gasteiger partial charge in [-0.15, -0.1) is 0 Å². The Bertz CT molecular complexity index is 1140. The van der Waals surface area contributed by atoms with Crippen LogP contribution in [0.25, 0.3) is 0 Å². The molecular weight excluding hydrogens is 421 g/mol. The number of amides is 1. The number of fused-ring (bicyclic) bond motifs is 1. The van der Waals surface area contributed by atoms with Gasteiger partial charge in [0.15, 0.2) is 0 Å². The minimum Gasteiger partial charge on any atom is -0.493 e.